The Balaban J connectivity index is 1.60. The first-order chi connectivity index (χ1) is 13.1. The van der Waals surface area contributed by atoms with Crippen molar-refractivity contribution in [2.24, 2.45) is 0 Å². The van der Waals surface area contributed by atoms with Gasteiger partial charge in [-0.1, -0.05) is 84.9 Å². The highest BCUT2D eigenvalue weighted by Crippen LogP contribution is 2.63. The Kier molecular flexibility index (Phi) is 5.01. The summed E-state index contributed by atoms with van der Waals surface area (Å²) in [6.07, 6.45) is 0.247. The SMILES string of the molecule is C[C@H]1[C@@H](c2ccccc2)O[P@](=O)(Cc2cccc(-c3ccccc3)c2)N1C. The molecule has 1 saturated heterocycles. The second kappa shape index (κ2) is 7.44. The zero-order valence-electron chi connectivity index (χ0n) is 15.7. The quantitative estimate of drug-likeness (QED) is 0.512. The Morgan fingerprint density at radius 1 is 0.889 bits per heavy atom. The van der Waals surface area contributed by atoms with Crippen LogP contribution in [0.4, 0.5) is 0 Å². The van der Waals surface area contributed by atoms with Crippen LogP contribution in [0.1, 0.15) is 24.2 Å². The fraction of sp³-hybridized carbons (Fsp3) is 0.217. The average molecular weight is 377 g/mol. The molecule has 0 N–H and O–H groups in total. The first-order valence-corrected chi connectivity index (χ1v) is 11.0. The van der Waals surface area contributed by atoms with Crippen LogP contribution in [0.25, 0.3) is 11.1 Å². The van der Waals surface area contributed by atoms with Gasteiger partial charge in [-0.05, 0) is 36.2 Å². The molecular weight excluding hydrogens is 353 g/mol. The van der Waals surface area contributed by atoms with E-state index in [0.29, 0.717) is 6.16 Å². The summed E-state index contributed by atoms with van der Waals surface area (Å²) < 4.78 is 21.8. The molecule has 1 aliphatic rings. The van der Waals surface area contributed by atoms with Gasteiger partial charge in [0.2, 0.25) is 0 Å². The molecule has 1 heterocycles. The molecule has 0 spiro atoms. The average Bonchev–Trinajstić information content (AvgIpc) is 2.94. The Morgan fingerprint density at radius 3 is 2.22 bits per heavy atom. The van der Waals surface area contributed by atoms with Gasteiger partial charge < -0.3 is 4.52 Å². The molecule has 3 aromatic carbocycles. The maximum absolute atomic E-state index is 13.7. The van der Waals surface area contributed by atoms with Gasteiger partial charge in [-0.2, -0.15) is 0 Å². The van der Waals surface area contributed by atoms with Crippen LogP contribution in [0, 0.1) is 0 Å². The van der Waals surface area contributed by atoms with Crippen LogP contribution in [-0.2, 0) is 15.3 Å². The molecule has 1 fully saturated rings. The third-order valence-electron chi connectivity index (χ3n) is 5.33. The Bertz CT molecular complexity index is 958. The molecule has 0 bridgehead atoms. The van der Waals surface area contributed by atoms with E-state index in [1.54, 1.807) is 0 Å². The van der Waals surface area contributed by atoms with Gasteiger partial charge in [0.05, 0.1) is 6.16 Å². The molecule has 27 heavy (non-hydrogen) atoms. The fourth-order valence-electron chi connectivity index (χ4n) is 3.65. The lowest BCUT2D eigenvalue weighted by molar-refractivity contribution is 0.210. The van der Waals surface area contributed by atoms with Crippen LogP contribution in [0.5, 0.6) is 0 Å². The molecule has 3 aromatic rings. The summed E-state index contributed by atoms with van der Waals surface area (Å²) >= 11 is 0. The Morgan fingerprint density at radius 2 is 1.52 bits per heavy atom. The van der Waals surface area contributed by atoms with Crippen molar-refractivity contribution in [3.8, 4) is 11.1 Å². The van der Waals surface area contributed by atoms with Gasteiger partial charge in [-0.25, -0.2) is 4.67 Å². The predicted octanol–water partition coefficient (Wildman–Crippen LogP) is 6.14. The monoisotopic (exact) mass is 377 g/mol. The van der Waals surface area contributed by atoms with E-state index in [9.17, 15) is 4.57 Å². The lowest BCUT2D eigenvalue weighted by Crippen LogP contribution is -2.23. The molecule has 0 saturated carbocycles. The van der Waals surface area contributed by atoms with Crippen LogP contribution in [0.15, 0.2) is 84.9 Å². The Hall–Kier alpha value is -2.19. The molecule has 1 aliphatic heterocycles. The van der Waals surface area contributed by atoms with E-state index in [1.165, 1.54) is 0 Å². The molecule has 0 unspecified atom stereocenters. The molecule has 0 radical (unpaired) electrons. The van der Waals surface area contributed by atoms with E-state index >= 15 is 0 Å². The van der Waals surface area contributed by atoms with Gasteiger partial charge in [-0.15, -0.1) is 0 Å². The Labute approximate surface area is 161 Å². The van der Waals surface area contributed by atoms with Gasteiger partial charge >= 0.3 is 0 Å². The summed E-state index contributed by atoms with van der Waals surface area (Å²) in [6, 6.07) is 28.7. The van der Waals surface area contributed by atoms with Crippen molar-refractivity contribution in [1.82, 2.24) is 4.67 Å². The smallest absolute Gasteiger partial charge is 0.277 e. The molecule has 3 atom stereocenters. The maximum atomic E-state index is 13.7. The van der Waals surface area contributed by atoms with E-state index in [-0.39, 0.29) is 12.1 Å². The lowest BCUT2D eigenvalue weighted by atomic mass is 10.0. The predicted molar refractivity (Wildman–Crippen MR) is 111 cm³/mol. The molecule has 3 nitrogen and oxygen atoms in total. The molecular formula is C23H24NO2P. The minimum Gasteiger partial charge on any atom is -0.307 e. The van der Waals surface area contributed by atoms with Gasteiger partial charge in [0, 0.05) is 6.04 Å². The van der Waals surface area contributed by atoms with Crippen molar-refractivity contribution >= 4 is 7.52 Å². The minimum atomic E-state index is -2.94. The second-order valence-electron chi connectivity index (χ2n) is 7.11. The number of rotatable bonds is 4. The van der Waals surface area contributed by atoms with Crippen molar-refractivity contribution in [3.63, 3.8) is 0 Å². The third kappa shape index (κ3) is 3.64. The summed E-state index contributed by atoms with van der Waals surface area (Å²) in [5, 5.41) is 0. The highest BCUT2D eigenvalue weighted by atomic mass is 31.2. The summed E-state index contributed by atoms with van der Waals surface area (Å²) in [5.74, 6) is 0. The van der Waals surface area contributed by atoms with Crippen molar-refractivity contribution < 1.29 is 9.09 Å². The number of hydrogen-bond donors (Lipinski definition) is 0. The highest BCUT2D eigenvalue weighted by Gasteiger charge is 2.46. The molecule has 0 amide bonds. The van der Waals surface area contributed by atoms with Crippen LogP contribution in [0.2, 0.25) is 0 Å². The molecule has 138 valence electrons. The molecule has 0 aromatic heterocycles. The summed E-state index contributed by atoms with van der Waals surface area (Å²) in [7, 11) is -1.03. The number of nitrogens with zero attached hydrogens (tertiary/aromatic N) is 1. The van der Waals surface area contributed by atoms with Crippen molar-refractivity contribution in [2.75, 3.05) is 7.05 Å². The van der Waals surface area contributed by atoms with Crippen molar-refractivity contribution in [3.05, 3.63) is 96.1 Å². The first-order valence-electron chi connectivity index (χ1n) is 9.27. The van der Waals surface area contributed by atoms with E-state index in [2.05, 4.69) is 31.2 Å². The van der Waals surface area contributed by atoms with E-state index < -0.39 is 7.52 Å². The molecule has 4 heteroatoms. The van der Waals surface area contributed by atoms with Gasteiger partial charge in [0.25, 0.3) is 7.52 Å². The van der Waals surface area contributed by atoms with Crippen LogP contribution < -0.4 is 0 Å². The highest BCUT2D eigenvalue weighted by molar-refractivity contribution is 7.55. The molecule has 0 aliphatic carbocycles. The second-order valence-corrected chi connectivity index (χ2v) is 9.55. The lowest BCUT2D eigenvalue weighted by Gasteiger charge is -2.21. The van der Waals surface area contributed by atoms with Gasteiger partial charge in [0.15, 0.2) is 0 Å². The normalized spacial score (nSPS) is 25.6. The van der Waals surface area contributed by atoms with Crippen molar-refractivity contribution in [1.29, 1.82) is 0 Å². The summed E-state index contributed by atoms with van der Waals surface area (Å²) in [5.41, 5.74) is 4.41. The van der Waals surface area contributed by atoms with E-state index in [4.69, 9.17) is 4.52 Å². The van der Waals surface area contributed by atoms with Crippen molar-refractivity contribution in [2.45, 2.75) is 25.2 Å². The maximum Gasteiger partial charge on any atom is 0.277 e. The van der Waals surface area contributed by atoms with Crippen LogP contribution in [-0.4, -0.2) is 17.8 Å². The molecule has 4 rings (SSSR count). The number of likely N-dealkylation sites (N-methyl/N-ethyl adjacent to an activating group) is 1. The van der Waals surface area contributed by atoms with Crippen LogP contribution in [0.3, 0.4) is 0 Å². The first kappa shape index (κ1) is 18.2. The summed E-state index contributed by atoms with van der Waals surface area (Å²) in [6.45, 7) is 2.08. The minimum absolute atomic E-state index is 0.0653. The zero-order chi connectivity index (χ0) is 18.9. The van der Waals surface area contributed by atoms with Crippen LogP contribution >= 0.6 is 7.52 Å². The van der Waals surface area contributed by atoms with E-state index in [1.807, 2.05) is 72.4 Å². The van der Waals surface area contributed by atoms with Gasteiger partial charge in [-0.3, -0.25) is 4.57 Å². The fourth-order valence-corrected chi connectivity index (χ4v) is 6.09. The zero-order valence-corrected chi connectivity index (χ0v) is 16.6. The summed E-state index contributed by atoms with van der Waals surface area (Å²) in [4.78, 5) is 0. The standard InChI is InChI=1S/C23H24NO2P/c1-18-23(21-13-7-4-8-14-21)26-27(25,24(18)2)17-19-10-9-15-22(16-19)20-11-5-3-6-12-20/h3-16,18,23H,17H2,1-2H3/t18-,23-,27+/m0/s1. The topological polar surface area (TPSA) is 29.5 Å². The number of hydrogen-bond acceptors (Lipinski definition) is 2. The van der Waals surface area contributed by atoms with Gasteiger partial charge in [0.1, 0.15) is 6.10 Å². The largest absolute Gasteiger partial charge is 0.307 e. The van der Waals surface area contributed by atoms with E-state index in [0.717, 1.165) is 22.3 Å². The number of benzene rings is 3. The third-order valence-corrected chi connectivity index (χ3v) is 7.98.